The van der Waals surface area contributed by atoms with Crippen LogP contribution in [-0.2, 0) is 14.4 Å². The molecule has 0 aromatic carbocycles. The Morgan fingerprint density at radius 3 is 2.14 bits per heavy atom. The molecule has 0 aromatic heterocycles. The Kier molecular flexibility index (Phi) is 8.61. The maximum Gasteiger partial charge on any atom is 0.322 e. The van der Waals surface area contributed by atoms with Crippen molar-refractivity contribution < 1.29 is 19.5 Å². The smallest absolute Gasteiger partial charge is 0.322 e. The van der Waals surface area contributed by atoms with Gasteiger partial charge in [0.05, 0.1) is 6.04 Å². The molecular weight excluding hydrogens is 274 g/mol. The molecule has 5 N–H and O–H groups in total. The van der Waals surface area contributed by atoms with Gasteiger partial charge in [0.15, 0.2) is 0 Å². The second-order valence-corrected chi connectivity index (χ2v) is 5.71. The van der Waals surface area contributed by atoms with Gasteiger partial charge >= 0.3 is 5.97 Å². The van der Waals surface area contributed by atoms with Gasteiger partial charge in [0.1, 0.15) is 12.6 Å². The van der Waals surface area contributed by atoms with Crippen molar-refractivity contribution >= 4 is 17.8 Å². The normalized spacial score (nSPS) is 15.1. The molecule has 0 aliphatic carbocycles. The van der Waals surface area contributed by atoms with Gasteiger partial charge in [-0.1, -0.05) is 34.1 Å². The number of nitrogens with two attached hydrogens (primary N) is 1. The minimum absolute atomic E-state index is 0.00628. The lowest BCUT2D eigenvalue weighted by atomic mass is 9.98. The van der Waals surface area contributed by atoms with Crippen LogP contribution < -0.4 is 16.4 Å². The number of carbonyl (C=O) groups is 3. The van der Waals surface area contributed by atoms with Crippen LogP contribution in [0, 0.1) is 11.8 Å². The molecule has 0 aliphatic heterocycles. The van der Waals surface area contributed by atoms with E-state index in [1.54, 1.807) is 0 Å². The summed E-state index contributed by atoms with van der Waals surface area (Å²) < 4.78 is 0. The highest BCUT2D eigenvalue weighted by Crippen LogP contribution is 2.08. The van der Waals surface area contributed by atoms with Crippen molar-refractivity contribution in [2.75, 3.05) is 6.54 Å². The second kappa shape index (κ2) is 9.33. The molecule has 0 radical (unpaired) electrons. The predicted octanol–water partition coefficient (Wildman–Crippen LogP) is 0.0915. The summed E-state index contributed by atoms with van der Waals surface area (Å²) in [6.45, 7) is 7.16. The van der Waals surface area contributed by atoms with Crippen molar-refractivity contribution in [3.63, 3.8) is 0 Å². The molecule has 0 fully saturated rings. The molecule has 7 heteroatoms. The lowest BCUT2D eigenvalue weighted by molar-refractivity contribution is -0.138. The highest BCUT2D eigenvalue weighted by Gasteiger charge is 2.26. The topological polar surface area (TPSA) is 122 Å². The maximum absolute atomic E-state index is 12.0. The van der Waals surface area contributed by atoms with E-state index in [9.17, 15) is 14.4 Å². The Bertz CT molecular complexity index is 371. The number of carboxylic acid groups (broad SMARTS) is 1. The SMILES string of the molecule is CCC(C)C(N)C(=O)NC(CC(C)C)C(=O)NCC(=O)O. The van der Waals surface area contributed by atoms with E-state index >= 15 is 0 Å². The Morgan fingerprint density at radius 2 is 1.71 bits per heavy atom. The molecule has 0 spiro atoms. The number of aliphatic carboxylic acids is 1. The first-order valence-corrected chi connectivity index (χ1v) is 7.24. The molecule has 7 nitrogen and oxygen atoms in total. The van der Waals surface area contributed by atoms with E-state index in [4.69, 9.17) is 10.8 Å². The van der Waals surface area contributed by atoms with Crippen LogP contribution in [0.25, 0.3) is 0 Å². The molecule has 0 saturated carbocycles. The van der Waals surface area contributed by atoms with Gasteiger partial charge in [-0.2, -0.15) is 0 Å². The average molecular weight is 301 g/mol. The van der Waals surface area contributed by atoms with Crippen LogP contribution in [0.3, 0.4) is 0 Å². The van der Waals surface area contributed by atoms with Gasteiger partial charge in [-0.25, -0.2) is 0 Å². The first-order valence-electron chi connectivity index (χ1n) is 7.24. The van der Waals surface area contributed by atoms with Crippen LogP contribution in [-0.4, -0.2) is 41.5 Å². The number of carbonyl (C=O) groups excluding carboxylic acids is 2. The summed E-state index contributed by atoms with van der Waals surface area (Å²) in [6.07, 6.45) is 1.18. The summed E-state index contributed by atoms with van der Waals surface area (Å²) in [6, 6.07) is -1.45. The summed E-state index contributed by atoms with van der Waals surface area (Å²) in [4.78, 5) is 34.5. The molecule has 0 bridgehead atoms. The van der Waals surface area contributed by atoms with Gasteiger partial charge in [0, 0.05) is 0 Å². The van der Waals surface area contributed by atoms with Crippen LogP contribution >= 0.6 is 0 Å². The van der Waals surface area contributed by atoms with Crippen molar-refractivity contribution in [2.24, 2.45) is 17.6 Å². The fourth-order valence-corrected chi connectivity index (χ4v) is 1.77. The van der Waals surface area contributed by atoms with Crippen molar-refractivity contribution in [3.8, 4) is 0 Å². The quantitative estimate of drug-likeness (QED) is 0.481. The third-order valence-electron chi connectivity index (χ3n) is 3.31. The number of rotatable bonds is 9. The van der Waals surface area contributed by atoms with Gasteiger partial charge < -0.3 is 21.5 Å². The first kappa shape index (κ1) is 19.4. The molecule has 21 heavy (non-hydrogen) atoms. The first-order chi connectivity index (χ1) is 9.68. The summed E-state index contributed by atoms with van der Waals surface area (Å²) in [7, 11) is 0. The molecule has 0 aromatic rings. The number of nitrogens with one attached hydrogen (secondary N) is 2. The molecule has 0 heterocycles. The van der Waals surface area contributed by atoms with Crippen molar-refractivity contribution in [2.45, 2.75) is 52.6 Å². The maximum atomic E-state index is 12.0. The lowest BCUT2D eigenvalue weighted by Gasteiger charge is -2.23. The van der Waals surface area contributed by atoms with Gasteiger partial charge in [0.25, 0.3) is 0 Å². The van der Waals surface area contributed by atoms with Crippen molar-refractivity contribution in [1.82, 2.24) is 10.6 Å². The second-order valence-electron chi connectivity index (χ2n) is 5.71. The number of hydrogen-bond donors (Lipinski definition) is 4. The summed E-state index contributed by atoms with van der Waals surface area (Å²) in [5.41, 5.74) is 5.83. The Balaban J connectivity index is 4.72. The zero-order valence-corrected chi connectivity index (χ0v) is 13.2. The monoisotopic (exact) mass is 301 g/mol. The van der Waals surface area contributed by atoms with E-state index in [1.165, 1.54) is 0 Å². The Morgan fingerprint density at radius 1 is 1.14 bits per heavy atom. The van der Waals surface area contributed by atoms with Crippen molar-refractivity contribution in [3.05, 3.63) is 0 Å². The molecule has 0 saturated heterocycles. The molecule has 122 valence electrons. The Hall–Kier alpha value is -1.63. The number of hydrogen-bond acceptors (Lipinski definition) is 4. The molecule has 2 amide bonds. The zero-order chi connectivity index (χ0) is 16.6. The third-order valence-corrected chi connectivity index (χ3v) is 3.31. The molecule has 3 unspecified atom stereocenters. The molecule has 3 atom stereocenters. The summed E-state index contributed by atoms with van der Waals surface area (Å²) in [5, 5.41) is 13.5. The third kappa shape index (κ3) is 7.65. The lowest BCUT2D eigenvalue weighted by Crippen LogP contribution is -2.54. The van der Waals surface area contributed by atoms with Gasteiger partial charge in [0.2, 0.25) is 11.8 Å². The minimum atomic E-state index is -1.13. The van der Waals surface area contributed by atoms with Gasteiger partial charge in [-0.05, 0) is 18.3 Å². The van der Waals surface area contributed by atoms with E-state index in [0.717, 1.165) is 6.42 Å². The van der Waals surface area contributed by atoms with Crippen LogP contribution in [0.2, 0.25) is 0 Å². The standard InChI is InChI=1S/C14H27N3O4/c1-5-9(4)12(15)14(21)17-10(6-8(2)3)13(20)16-7-11(18)19/h8-10,12H,5-7,15H2,1-4H3,(H,16,20)(H,17,21)(H,18,19). The minimum Gasteiger partial charge on any atom is -0.480 e. The van der Waals surface area contributed by atoms with Crippen LogP contribution in [0.4, 0.5) is 0 Å². The van der Waals surface area contributed by atoms with Crippen LogP contribution in [0.1, 0.15) is 40.5 Å². The predicted molar refractivity (Wildman–Crippen MR) is 79.5 cm³/mol. The Labute approximate surface area is 125 Å². The highest BCUT2D eigenvalue weighted by molar-refractivity contribution is 5.91. The fourth-order valence-electron chi connectivity index (χ4n) is 1.77. The van der Waals surface area contributed by atoms with E-state index in [2.05, 4.69) is 10.6 Å². The van der Waals surface area contributed by atoms with Crippen LogP contribution in [0.5, 0.6) is 0 Å². The molecule has 0 aliphatic rings. The van der Waals surface area contributed by atoms with E-state index in [1.807, 2.05) is 27.7 Å². The van der Waals surface area contributed by atoms with E-state index < -0.39 is 30.5 Å². The average Bonchev–Trinajstić information content (AvgIpc) is 2.41. The number of carboxylic acids is 1. The number of amides is 2. The van der Waals surface area contributed by atoms with Gasteiger partial charge in [-0.3, -0.25) is 14.4 Å². The largest absolute Gasteiger partial charge is 0.480 e. The van der Waals surface area contributed by atoms with Crippen molar-refractivity contribution in [1.29, 1.82) is 0 Å². The highest BCUT2D eigenvalue weighted by atomic mass is 16.4. The van der Waals surface area contributed by atoms with E-state index in [-0.39, 0.29) is 17.7 Å². The fraction of sp³-hybridized carbons (Fsp3) is 0.786. The van der Waals surface area contributed by atoms with Gasteiger partial charge in [-0.15, -0.1) is 0 Å². The summed E-state index contributed by atoms with van der Waals surface area (Å²) in [5.74, 6) is -1.84. The molecule has 0 rings (SSSR count). The summed E-state index contributed by atoms with van der Waals surface area (Å²) >= 11 is 0. The zero-order valence-electron chi connectivity index (χ0n) is 13.2. The molecular formula is C14H27N3O4. The van der Waals surface area contributed by atoms with E-state index in [0.29, 0.717) is 6.42 Å². The van der Waals surface area contributed by atoms with Crippen LogP contribution in [0.15, 0.2) is 0 Å².